The fraction of sp³-hybridized carbons (Fsp3) is 0.608. The number of nitrogens with one attached hydrogen (secondary N) is 2. The number of piperidine rings is 1. The van der Waals surface area contributed by atoms with Gasteiger partial charge in [0.1, 0.15) is 11.2 Å². The van der Waals surface area contributed by atoms with E-state index in [1.165, 1.54) is 26.0 Å². The lowest BCUT2D eigenvalue weighted by Crippen LogP contribution is -2.81. The number of aliphatic hydroxyl groups is 2. The van der Waals surface area contributed by atoms with E-state index in [9.17, 15) is 29.2 Å². The predicted molar refractivity (Wildman–Crippen MR) is 255 cm³/mol. The number of amides is 2. The molecule has 4 fully saturated rings. The van der Waals surface area contributed by atoms with Crippen LogP contribution in [0, 0.1) is 23.2 Å². The standard InChI is InChI=1S/C51H66N5O12P/c1-8-47-18-14-21-55-23-19-49(42(47)55)34-25-35(38(64-6)26-37(34)56(29-57)43(49)51(62,46(60)65-7)44(47)68-30(5)58)50(45(59)52-20-24-69(63,66-10-3)67-11-4)40-33-27-54(28-48(61,9-2)39(33)40)22-17-32-31-15-12-13-16-36(31)53-41(32)50/h12-16,18,25-26,29,33,39-40,42-44,53,61-62H,8-11,17,19-24,27-28H2,1-7H3,(H,52,59)/t33-,39?,40?,42-,43+,44+,47+,48+,49+,50+,51-/m0/s1. The summed E-state index contributed by atoms with van der Waals surface area (Å²) in [6.45, 7) is 11.6. The second-order valence-corrected chi connectivity index (χ2v) is 22.4. The average Bonchev–Trinajstić information content (AvgIpc) is 3.61. The van der Waals surface area contributed by atoms with Gasteiger partial charge in [0, 0.05) is 84.7 Å². The van der Waals surface area contributed by atoms with Crippen molar-refractivity contribution in [1.29, 1.82) is 0 Å². The van der Waals surface area contributed by atoms with Crippen LogP contribution in [0.2, 0.25) is 0 Å². The zero-order valence-electron chi connectivity index (χ0n) is 40.6. The molecule has 2 aliphatic carbocycles. The van der Waals surface area contributed by atoms with E-state index < -0.39 is 77.0 Å². The first kappa shape index (κ1) is 48.0. The number of aromatic nitrogens is 1. The fourth-order valence-electron chi connectivity index (χ4n) is 15.2. The quantitative estimate of drug-likeness (QED) is 0.0729. The summed E-state index contributed by atoms with van der Waals surface area (Å²) in [6.07, 6.45) is 4.70. The Bertz CT molecular complexity index is 2670. The SMILES string of the molecule is CCOP(=O)(CCNC(=O)[C@@]1(c2cc3c(cc2OC)N(C=O)[C@H]2[C@@](O)(C(=O)OC)[C@H](OC(C)=O)[C@]4(CC)C=CCN5CC[C@]32[C@@H]54)c2[nH]c3ccccc3c2CCN2C[C@H]3C(C31)[C@@](O)(CC)C2)OCC. The Labute approximate surface area is 402 Å². The van der Waals surface area contributed by atoms with Gasteiger partial charge in [-0.15, -0.1) is 0 Å². The van der Waals surface area contributed by atoms with Gasteiger partial charge in [0.05, 0.1) is 50.9 Å². The van der Waals surface area contributed by atoms with E-state index in [0.29, 0.717) is 87.3 Å². The number of methoxy groups -OCH3 is 2. The topological polar surface area (TPSA) is 209 Å². The number of carbonyl (C=O) groups excluding carboxylic acids is 4. The van der Waals surface area contributed by atoms with Crippen LogP contribution < -0.4 is 15.0 Å². The third-order valence-electron chi connectivity index (χ3n) is 17.5. The van der Waals surface area contributed by atoms with Crippen molar-refractivity contribution < 1.29 is 57.2 Å². The monoisotopic (exact) mass is 971 g/mol. The number of aromatic amines is 1. The molecule has 1 aromatic heterocycles. The highest BCUT2D eigenvalue weighted by molar-refractivity contribution is 7.53. The number of esters is 2. The van der Waals surface area contributed by atoms with Crippen LogP contribution in [0.3, 0.4) is 0 Å². The Hall–Kier alpha value is -4.61. The van der Waals surface area contributed by atoms with Gasteiger partial charge in [0.15, 0.2) is 6.10 Å². The molecule has 12 atom stereocenters. The largest absolute Gasteiger partial charge is 0.496 e. The van der Waals surface area contributed by atoms with E-state index in [1.54, 1.807) is 19.9 Å². The van der Waals surface area contributed by atoms with Crippen LogP contribution >= 0.6 is 7.60 Å². The third-order valence-corrected chi connectivity index (χ3v) is 19.6. The van der Waals surface area contributed by atoms with Crippen LogP contribution in [0.4, 0.5) is 5.69 Å². The maximum atomic E-state index is 16.5. The number of para-hydroxylation sites is 1. The van der Waals surface area contributed by atoms with E-state index in [0.717, 1.165) is 16.5 Å². The smallest absolute Gasteiger partial charge is 0.344 e. The summed E-state index contributed by atoms with van der Waals surface area (Å²) in [7, 11) is -0.939. The van der Waals surface area contributed by atoms with Crippen molar-refractivity contribution in [2.75, 3.05) is 77.8 Å². The van der Waals surface area contributed by atoms with Gasteiger partial charge < -0.3 is 48.7 Å². The Kier molecular flexibility index (Phi) is 11.9. The Morgan fingerprint density at radius 3 is 2.41 bits per heavy atom. The summed E-state index contributed by atoms with van der Waals surface area (Å²) in [5, 5.41) is 30.5. The summed E-state index contributed by atoms with van der Waals surface area (Å²) in [5.74, 6) is -2.89. The molecule has 1 spiro atoms. The van der Waals surface area contributed by atoms with Gasteiger partial charge in [-0.3, -0.25) is 28.7 Å². The molecule has 10 rings (SSSR count). The van der Waals surface area contributed by atoms with Crippen molar-refractivity contribution in [2.24, 2.45) is 23.2 Å². The number of ether oxygens (including phenoxy) is 3. The number of H-pyrrole nitrogens is 1. The molecule has 3 aromatic rings. The van der Waals surface area contributed by atoms with Gasteiger partial charge in [-0.05, 0) is 87.1 Å². The molecular formula is C51H66N5O12P. The molecule has 2 saturated carbocycles. The minimum Gasteiger partial charge on any atom is -0.496 e. The molecule has 2 bridgehead atoms. The molecule has 2 saturated heterocycles. The Morgan fingerprint density at radius 2 is 1.74 bits per heavy atom. The van der Waals surface area contributed by atoms with Gasteiger partial charge in [-0.2, -0.15) is 0 Å². The lowest BCUT2D eigenvalue weighted by molar-refractivity contribution is -0.228. The zero-order chi connectivity index (χ0) is 49.1. The highest BCUT2D eigenvalue weighted by Gasteiger charge is 2.81. The normalized spacial score (nSPS) is 36.0. The molecule has 69 heavy (non-hydrogen) atoms. The van der Waals surface area contributed by atoms with Gasteiger partial charge in [-0.25, -0.2) is 4.79 Å². The average molecular weight is 972 g/mol. The number of fused-ring (bicyclic) bond motifs is 6. The van der Waals surface area contributed by atoms with Crippen molar-refractivity contribution in [3.8, 4) is 5.75 Å². The third kappa shape index (κ3) is 6.45. The van der Waals surface area contributed by atoms with E-state index >= 15 is 4.79 Å². The second-order valence-electron chi connectivity index (χ2n) is 20.3. The number of carbonyl (C=O) groups is 4. The highest BCUT2D eigenvalue weighted by atomic mass is 31.2. The summed E-state index contributed by atoms with van der Waals surface area (Å²) < 4.78 is 43.4. The van der Waals surface area contributed by atoms with E-state index in [-0.39, 0.29) is 43.5 Å². The van der Waals surface area contributed by atoms with Gasteiger partial charge in [0.25, 0.3) is 0 Å². The van der Waals surface area contributed by atoms with E-state index in [2.05, 4.69) is 26.2 Å². The van der Waals surface area contributed by atoms with Gasteiger partial charge >= 0.3 is 19.5 Å². The van der Waals surface area contributed by atoms with Gasteiger partial charge in [-0.1, -0.05) is 44.2 Å². The molecule has 7 aliphatic rings. The summed E-state index contributed by atoms with van der Waals surface area (Å²) >= 11 is 0. The number of anilines is 1. The summed E-state index contributed by atoms with van der Waals surface area (Å²) in [4.78, 5) is 68.0. The predicted octanol–water partition coefficient (Wildman–Crippen LogP) is 4.19. The summed E-state index contributed by atoms with van der Waals surface area (Å²) in [6, 6.07) is 9.84. The molecule has 6 heterocycles. The fourth-order valence-corrected chi connectivity index (χ4v) is 16.7. The first-order valence-electron chi connectivity index (χ1n) is 24.7. The maximum absolute atomic E-state index is 16.5. The van der Waals surface area contributed by atoms with Crippen LogP contribution in [0.1, 0.15) is 76.3 Å². The van der Waals surface area contributed by atoms with E-state index in [4.69, 9.17) is 23.3 Å². The van der Waals surface area contributed by atoms with Crippen molar-refractivity contribution in [2.45, 2.75) is 101 Å². The zero-order valence-corrected chi connectivity index (χ0v) is 41.5. The first-order chi connectivity index (χ1) is 33.1. The van der Waals surface area contributed by atoms with Crippen molar-refractivity contribution >= 4 is 48.4 Å². The van der Waals surface area contributed by atoms with Crippen LogP contribution in [0.15, 0.2) is 48.6 Å². The Morgan fingerprint density at radius 1 is 0.986 bits per heavy atom. The molecule has 17 nitrogen and oxygen atoms in total. The minimum absolute atomic E-state index is 0.0656. The number of nitrogens with zero attached hydrogens (tertiary/aromatic N) is 3. The van der Waals surface area contributed by atoms with Crippen LogP contribution in [0.25, 0.3) is 10.9 Å². The molecule has 0 radical (unpaired) electrons. The maximum Gasteiger partial charge on any atom is 0.344 e. The molecule has 2 amide bonds. The summed E-state index contributed by atoms with van der Waals surface area (Å²) in [5.41, 5.74) is -3.84. The lowest BCUT2D eigenvalue weighted by atomic mass is 9.47. The second kappa shape index (κ2) is 17.0. The number of benzene rings is 2. The van der Waals surface area contributed by atoms with Crippen LogP contribution in [0.5, 0.6) is 5.75 Å². The molecule has 4 N–H and O–H groups in total. The van der Waals surface area contributed by atoms with Crippen molar-refractivity contribution in [3.05, 3.63) is 70.9 Å². The lowest BCUT2D eigenvalue weighted by Gasteiger charge is -2.63. The van der Waals surface area contributed by atoms with Crippen molar-refractivity contribution in [1.82, 2.24) is 20.1 Å². The molecule has 5 aliphatic heterocycles. The van der Waals surface area contributed by atoms with Gasteiger partial charge in [0.2, 0.25) is 17.9 Å². The minimum atomic E-state index is -3.62. The molecule has 2 aromatic carbocycles. The number of hydrogen-bond acceptors (Lipinski definition) is 14. The molecule has 3 unspecified atom stereocenters. The molecule has 372 valence electrons. The Balaban J connectivity index is 1.29. The number of rotatable bonds is 15. The van der Waals surface area contributed by atoms with E-state index in [1.807, 2.05) is 50.3 Å². The number of hydrogen-bond donors (Lipinski definition) is 4. The molecular weight excluding hydrogens is 906 g/mol. The van der Waals surface area contributed by atoms with Crippen LogP contribution in [-0.4, -0.2) is 152 Å². The highest BCUT2D eigenvalue weighted by Crippen LogP contribution is 2.71. The van der Waals surface area contributed by atoms with Crippen molar-refractivity contribution in [3.63, 3.8) is 0 Å². The van der Waals surface area contributed by atoms with Crippen LogP contribution in [-0.2, 0) is 59.5 Å². The molecule has 18 heteroatoms. The first-order valence-corrected chi connectivity index (χ1v) is 26.4.